The van der Waals surface area contributed by atoms with E-state index in [2.05, 4.69) is 51.9 Å². The molecule has 18 heavy (non-hydrogen) atoms. The smallest absolute Gasteiger partial charge is 0.0986 e. The highest BCUT2D eigenvalue weighted by Gasteiger charge is 2.11. The molecule has 86 valence electrons. The van der Waals surface area contributed by atoms with E-state index >= 15 is 0 Å². The molecule has 0 bridgehead atoms. The van der Waals surface area contributed by atoms with E-state index in [4.69, 9.17) is 0 Å². The Kier molecular flexibility index (Phi) is 1.75. The molecule has 0 atom stereocenters. The Hall–Kier alpha value is -2.42. The Morgan fingerprint density at radius 2 is 1.72 bits per heavy atom. The molecule has 4 rings (SSSR count). The molecule has 2 aromatic carbocycles. The van der Waals surface area contributed by atoms with Crippen LogP contribution in [0.15, 0.2) is 48.8 Å². The number of hydrogen-bond acceptors (Lipinski definition) is 2. The Balaban J connectivity index is 2.41. The van der Waals surface area contributed by atoms with Gasteiger partial charge in [-0.25, -0.2) is 0 Å². The first-order chi connectivity index (χ1) is 8.86. The second kappa shape index (κ2) is 3.29. The maximum Gasteiger partial charge on any atom is 0.0986 e. The molecule has 0 unspecified atom stereocenters. The highest BCUT2D eigenvalue weighted by molar-refractivity contribution is 6.18. The number of nitrogens with zero attached hydrogens (tertiary/aromatic N) is 3. The molecular weight excluding hydrogens is 222 g/mol. The zero-order chi connectivity index (χ0) is 12.1. The van der Waals surface area contributed by atoms with Gasteiger partial charge in [0, 0.05) is 35.7 Å². The monoisotopic (exact) mass is 233 g/mol. The number of hydrogen-bond donors (Lipinski definition) is 0. The maximum atomic E-state index is 4.50. The maximum absolute atomic E-state index is 4.50. The van der Waals surface area contributed by atoms with Crippen molar-refractivity contribution in [3.05, 3.63) is 48.8 Å². The molecule has 0 aliphatic carbocycles. The predicted molar refractivity (Wildman–Crippen MR) is 73.5 cm³/mol. The fourth-order valence-corrected chi connectivity index (χ4v) is 2.68. The van der Waals surface area contributed by atoms with E-state index in [0.717, 1.165) is 11.0 Å². The normalized spacial score (nSPS) is 11.6. The van der Waals surface area contributed by atoms with Crippen LogP contribution in [0.1, 0.15) is 0 Å². The van der Waals surface area contributed by atoms with Crippen molar-refractivity contribution in [2.45, 2.75) is 0 Å². The quantitative estimate of drug-likeness (QED) is 0.466. The van der Waals surface area contributed by atoms with Crippen molar-refractivity contribution in [1.29, 1.82) is 0 Å². The lowest BCUT2D eigenvalue weighted by Crippen LogP contribution is -1.87. The molecule has 0 N–H and O–H groups in total. The van der Waals surface area contributed by atoms with Crippen LogP contribution in [0.4, 0.5) is 0 Å². The summed E-state index contributed by atoms with van der Waals surface area (Å²) < 4.78 is 2.21. The van der Waals surface area contributed by atoms with Gasteiger partial charge in [0.25, 0.3) is 0 Å². The molecule has 2 aromatic heterocycles. The van der Waals surface area contributed by atoms with Crippen molar-refractivity contribution in [2.24, 2.45) is 7.05 Å². The minimum atomic E-state index is 0.946. The summed E-state index contributed by atoms with van der Waals surface area (Å²) >= 11 is 0. The van der Waals surface area contributed by atoms with E-state index in [0.29, 0.717) is 0 Å². The number of aryl methyl sites for hydroxylation is 1. The van der Waals surface area contributed by atoms with E-state index in [9.17, 15) is 0 Å². The minimum absolute atomic E-state index is 0.946. The highest BCUT2D eigenvalue weighted by Crippen LogP contribution is 2.31. The van der Waals surface area contributed by atoms with Gasteiger partial charge in [-0.05, 0) is 18.2 Å². The Morgan fingerprint density at radius 3 is 2.67 bits per heavy atom. The molecule has 0 saturated heterocycles. The van der Waals surface area contributed by atoms with Crippen LogP contribution in [-0.2, 0) is 7.05 Å². The van der Waals surface area contributed by atoms with Gasteiger partial charge in [-0.15, -0.1) is 0 Å². The van der Waals surface area contributed by atoms with E-state index in [1.165, 1.54) is 21.8 Å². The van der Waals surface area contributed by atoms with Crippen LogP contribution in [0.2, 0.25) is 0 Å². The van der Waals surface area contributed by atoms with Gasteiger partial charge in [-0.2, -0.15) is 0 Å². The summed E-state index contributed by atoms with van der Waals surface area (Å²) in [4.78, 5) is 8.87. The third-order valence-electron chi connectivity index (χ3n) is 3.51. The topological polar surface area (TPSA) is 30.7 Å². The van der Waals surface area contributed by atoms with Crippen molar-refractivity contribution < 1.29 is 0 Å². The summed E-state index contributed by atoms with van der Waals surface area (Å²) in [6.07, 6.45) is 3.49. The largest absolute Gasteiger partial charge is 0.344 e. The standard InChI is InChI=1S/C15H11N3/c1-18-12-5-3-2-4-10(12)14-13(18)7-6-11-15(14)17-9-8-16-11/h2-9H,1H3. The molecule has 0 aliphatic heterocycles. The molecule has 0 saturated carbocycles. The van der Waals surface area contributed by atoms with Crippen molar-refractivity contribution >= 4 is 32.8 Å². The average Bonchev–Trinajstić information content (AvgIpc) is 2.73. The van der Waals surface area contributed by atoms with Gasteiger partial charge in [0.2, 0.25) is 0 Å². The second-order valence-electron chi connectivity index (χ2n) is 4.46. The van der Waals surface area contributed by atoms with Gasteiger partial charge in [0.15, 0.2) is 0 Å². The molecule has 0 radical (unpaired) electrons. The van der Waals surface area contributed by atoms with E-state index < -0.39 is 0 Å². The SMILES string of the molecule is Cn1c2ccccc2c2c3nccnc3ccc21. The van der Waals surface area contributed by atoms with Gasteiger partial charge in [-0.3, -0.25) is 9.97 Å². The molecule has 0 aliphatic rings. The van der Waals surface area contributed by atoms with E-state index in [-0.39, 0.29) is 0 Å². The Bertz CT molecular complexity index is 890. The summed E-state index contributed by atoms with van der Waals surface area (Å²) in [6.45, 7) is 0. The van der Waals surface area contributed by atoms with Crippen LogP contribution < -0.4 is 0 Å². The number of benzene rings is 2. The number of aromatic nitrogens is 3. The molecule has 3 nitrogen and oxygen atoms in total. The Labute approximate surface area is 104 Å². The fourth-order valence-electron chi connectivity index (χ4n) is 2.68. The Morgan fingerprint density at radius 1 is 0.889 bits per heavy atom. The van der Waals surface area contributed by atoms with Crippen LogP contribution in [0.25, 0.3) is 32.8 Å². The molecule has 2 heterocycles. The number of para-hydroxylation sites is 1. The zero-order valence-corrected chi connectivity index (χ0v) is 9.96. The number of rotatable bonds is 0. The van der Waals surface area contributed by atoms with Gasteiger partial charge in [0.05, 0.1) is 16.6 Å². The average molecular weight is 233 g/mol. The van der Waals surface area contributed by atoms with E-state index in [1.807, 2.05) is 6.07 Å². The zero-order valence-electron chi connectivity index (χ0n) is 9.96. The first kappa shape index (κ1) is 9.59. The summed E-state index contributed by atoms with van der Waals surface area (Å²) in [6, 6.07) is 12.6. The van der Waals surface area contributed by atoms with Crippen molar-refractivity contribution in [2.75, 3.05) is 0 Å². The van der Waals surface area contributed by atoms with Crippen LogP contribution in [0.3, 0.4) is 0 Å². The first-order valence-corrected chi connectivity index (χ1v) is 5.93. The molecule has 4 aromatic rings. The summed E-state index contributed by atoms with van der Waals surface area (Å²) in [5.74, 6) is 0. The van der Waals surface area contributed by atoms with Crippen molar-refractivity contribution in [3.63, 3.8) is 0 Å². The second-order valence-corrected chi connectivity index (χ2v) is 4.46. The van der Waals surface area contributed by atoms with Gasteiger partial charge < -0.3 is 4.57 Å². The summed E-state index contributed by atoms with van der Waals surface area (Å²) in [5, 5.41) is 2.43. The van der Waals surface area contributed by atoms with Crippen LogP contribution in [-0.4, -0.2) is 14.5 Å². The molecule has 0 fully saturated rings. The number of fused-ring (bicyclic) bond motifs is 5. The van der Waals surface area contributed by atoms with Crippen LogP contribution in [0.5, 0.6) is 0 Å². The summed E-state index contributed by atoms with van der Waals surface area (Å²) in [7, 11) is 2.09. The van der Waals surface area contributed by atoms with Gasteiger partial charge in [-0.1, -0.05) is 18.2 Å². The predicted octanol–water partition coefficient (Wildman–Crippen LogP) is 3.27. The third kappa shape index (κ3) is 1.08. The molecular formula is C15H11N3. The van der Waals surface area contributed by atoms with Gasteiger partial charge >= 0.3 is 0 Å². The van der Waals surface area contributed by atoms with E-state index in [1.54, 1.807) is 12.4 Å². The van der Waals surface area contributed by atoms with Gasteiger partial charge in [0.1, 0.15) is 0 Å². The molecule has 3 heteroatoms. The third-order valence-corrected chi connectivity index (χ3v) is 3.51. The lowest BCUT2D eigenvalue weighted by molar-refractivity contribution is 1.01. The van der Waals surface area contributed by atoms with Crippen LogP contribution in [0, 0.1) is 0 Å². The first-order valence-electron chi connectivity index (χ1n) is 5.93. The lowest BCUT2D eigenvalue weighted by Gasteiger charge is -1.99. The minimum Gasteiger partial charge on any atom is -0.344 e. The summed E-state index contributed by atoms with van der Waals surface area (Å²) in [5.41, 5.74) is 4.35. The van der Waals surface area contributed by atoms with Crippen LogP contribution >= 0.6 is 0 Å². The van der Waals surface area contributed by atoms with Crippen molar-refractivity contribution in [3.8, 4) is 0 Å². The fraction of sp³-hybridized carbons (Fsp3) is 0.0667. The molecule has 0 spiro atoms. The lowest BCUT2D eigenvalue weighted by atomic mass is 10.1. The molecule has 0 amide bonds. The van der Waals surface area contributed by atoms with Crippen molar-refractivity contribution in [1.82, 2.24) is 14.5 Å². The highest BCUT2D eigenvalue weighted by atomic mass is 14.9.